The van der Waals surface area contributed by atoms with Crippen molar-refractivity contribution in [1.29, 1.82) is 0 Å². The molecule has 1 saturated heterocycles. The molecule has 1 heterocycles. The van der Waals surface area contributed by atoms with E-state index in [1.807, 2.05) is 35.2 Å². The van der Waals surface area contributed by atoms with E-state index in [4.69, 9.17) is 9.84 Å². The number of ether oxygens (including phenoxy) is 1. The average Bonchev–Trinajstić information content (AvgIpc) is 2.63. The minimum Gasteiger partial charge on any atom is -0.490 e. The molecule has 0 spiro atoms. The van der Waals surface area contributed by atoms with Crippen LogP contribution in [-0.4, -0.2) is 47.2 Å². The first-order valence-electron chi connectivity index (χ1n) is 9.12. The van der Waals surface area contributed by atoms with Gasteiger partial charge in [-0.2, -0.15) is 0 Å². The Morgan fingerprint density at radius 3 is 2.24 bits per heavy atom. The van der Waals surface area contributed by atoms with Gasteiger partial charge < -0.3 is 20.1 Å². The molecule has 1 aliphatic carbocycles. The normalized spacial score (nSPS) is 24.6. The largest absolute Gasteiger partial charge is 0.490 e. The van der Waals surface area contributed by atoms with Gasteiger partial charge in [-0.25, -0.2) is 4.79 Å². The highest BCUT2D eigenvalue weighted by Crippen LogP contribution is 2.25. The van der Waals surface area contributed by atoms with Gasteiger partial charge in [0.05, 0.1) is 5.92 Å². The van der Waals surface area contributed by atoms with Crippen LogP contribution in [0.4, 0.5) is 4.79 Å². The van der Waals surface area contributed by atoms with Crippen molar-refractivity contribution in [1.82, 2.24) is 10.2 Å². The van der Waals surface area contributed by atoms with E-state index in [1.54, 1.807) is 0 Å². The van der Waals surface area contributed by atoms with Crippen molar-refractivity contribution >= 4 is 12.0 Å². The van der Waals surface area contributed by atoms with Gasteiger partial charge in [-0.05, 0) is 37.8 Å². The van der Waals surface area contributed by atoms with E-state index in [0.29, 0.717) is 25.9 Å². The summed E-state index contributed by atoms with van der Waals surface area (Å²) in [6, 6.07) is 9.84. The van der Waals surface area contributed by atoms with Crippen molar-refractivity contribution in [3.8, 4) is 5.75 Å². The van der Waals surface area contributed by atoms with Crippen LogP contribution < -0.4 is 10.1 Å². The number of nitrogens with one attached hydrogen (secondary N) is 1. The number of para-hydroxylation sites is 1. The van der Waals surface area contributed by atoms with Crippen molar-refractivity contribution in [3.63, 3.8) is 0 Å². The number of aliphatic carboxylic acids is 1. The van der Waals surface area contributed by atoms with Gasteiger partial charge in [-0.1, -0.05) is 18.2 Å². The number of piperidine rings is 1. The highest BCUT2D eigenvalue weighted by molar-refractivity contribution is 5.75. The van der Waals surface area contributed by atoms with Crippen LogP contribution in [0.1, 0.15) is 38.5 Å². The van der Waals surface area contributed by atoms with Crippen molar-refractivity contribution in [2.75, 3.05) is 13.1 Å². The van der Waals surface area contributed by atoms with Gasteiger partial charge in [0.1, 0.15) is 11.9 Å². The molecule has 6 heteroatoms. The number of carboxylic acid groups (broad SMARTS) is 1. The molecule has 2 amide bonds. The van der Waals surface area contributed by atoms with Gasteiger partial charge in [0, 0.05) is 32.0 Å². The predicted octanol–water partition coefficient (Wildman–Crippen LogP) is 2.88. The van der Waals surface area contributed by atoms with Crippen LogP contribution in [0.25, 0.3) is 0 Å². The number of carboxylic acids is 1. The zero-order valence-corrected chi connectivity index (χ0v) is 14.4. The van der Waals surface area contributed by atoms with Crippen molar-refractivity contribution in [3.05, 3.63) is 30.3 Å². The molecule has 3 rings (SSSR count). The van der Waals surface area contributed by atoms with Gasteiger partial charge >= 0.3 is 12.0 Å². The lowest BCUT2D eigenvalue weighted by molar-refractivity contribution is -0.142. The van der Waals surface area contributed by atoms with Crippen LogP contribution >= 0.6 is 0 Å². The first-order valence-corrected chi connectivity index (χ1v) is 9.12. The molecule has 0 radical (unpaired) electrons. The van der Waals surface area contributed by atoms with Crippen LogP contribution in [0, 0.1) is 5.92 Å². The summed E-state index contributed by atoms with van der Waals surface area (Å²) in [6.45, 7) is 1.38. The van der Waals surface area contributed by atoms with Gasteiger partial charge in [-0.3, -0.25) is 4.79 Å². The minimum atomic E-state index is -0.717. The molecule has 0 unspecified atom stereocenters. The number of nitrogens with zero attached hydrogens (tertiary/aromatic N) is 1. The summed E-state index contributed by atoms with van der Waals surface area (Å²) in [5.41, 5.74) is 0. The average molecular weight is 346 g/mol. The van der Waals surface area contributed by atoms with Crippen molar-refractivity contribution < 1.29 is 19.4 Å². The third-order valence-corrected chi connectivity index (χ3v) is 5.18. The summed E-state index contributed by atoms with van der Waals surface area (Å²) in [5.74, 6) is -0.0927. The van der Waals surface area contributed by atoms with Gasteiger partial charge in [0.25, 0.3) is 0 Å². The SMILES string of the molecule is O=C(O)C1CCC(NC(=O)N2CCC(Oc3ccccc3)CC2)CC1. The fourth-order valence-corrected chi connectivity index (χ4v) is 3.62. The second kappa shape index (κ2) is 8.23. The molecule has 0 atom stereocenters. The first kappa shape index (κ1) is 17.6. The summed E-state index contributed by atoms with van der Waals surface area (Å²) in [6.07, 6.45) is 4.59. The Bertz CT molecular complexity index is 576. The summed E-state index contributed by atoms with van der Waals surface area (Å²) in [5, 5.41) is 12.1. The van der Waals surface area contributed by atoms with Crippen LogP contribution in [0.15, 0.2) is 30.3 Å². The zero-order chi connectivity index (χ0) is 17.6. The Balaban J connectivity index is 1.39. The smallest absolute Gasteiger partial charge is 0.317 e. The Hall–Kier alpha value is -2.24. The number of rotatable bonds is 4. The van der Waals surface area contributed by atoms with Crippen molar-refractivity contribution in [2.45, 2.75) is 50.7 Å². The molecule has 2 N–H and O–H groups in total. The Morgan fingerprint density at radius 1 is 1.00 bits per heavy atom. The monoisotopic (exact) mass is 346 g/mol. The molecule has 1 saturated carbocycles. The van der Waals surface area contributed by atoms with Gasteiger partial charge in [0.15, 0.2) is 0 Å². The molecule has 25 heavy (non-hydrogen) atoms. The van der Waals surface area contributed by atoms with E-state index >= 15 is 0 Å². The van der Waals surface area contributed by atoms with Crippen LogP contribution in [0.3, 0.4) is 0 Å². The van der Waals surface area contributed by atoms with E-state index in [2.05, 4.69) is 5.32 Å². The summed E-state index contributed by atoms with van der Waals surface area (Å²) in [4.78, 5) is 25.2. The van der Waals surface area contributed by atoms with Crippen molar-refractivity contribution in [2.24, 2.45) is 5.92 Å². The fourth-order valence-electron chi connectivity index (χ4n) is 3.62. The number of amides is 2. The lowest BCUT2D eigenvalue weighted by atomic mass is 9.86. The highest BCUT2D eigenvalue weighted by atomic mass is 16.5. The van der Waals surface area contributed by atoms with E-state index < -0.39 is 5.97 Å². The van der Waals surface area contributed by atoms with E-state index in [1.165, 1.54) is 0 Å². The molecule has 2 aliphatic rings. The summed E-state index contributed by atoms with van der Waals surface area (Å²) < 4.78 is 5.95. The van der Waals surface area contributed by atoms with E-state index in [9.17, 15) is 9.59 Å². The fraction of sp³-hybridized carbons (Fsp3) is 0.579. The molecule has 1 aromatic carbocycles. The van der Waals surface area contributed by atoms with Crippen LogP contribution in [-0.2, 0) is 4.79 Å². The van der Waals surface area contributed by atoms with E-state index in [0.717, 1.165) is 31.4 Å². The topological polar surface area (TPSA) is 78.9 Å². The molecular weight excluding hydrogens is 320 g/mol. The number of carbonyl (C=O) groups is 2. The maximum Gasteiger partial charge on any atom is 0.317 e. The summed E-state index contributed by atoms with van der Waals surface area (Å²) >= 11 is 0. The molecule has 6 nitrogen and oxygen atoms in total. The molecule has 1 aliphatic heterocycles. The molecule has 0 bridgehead atoms. The second-order valence-corrected chi connectivity index (χ2v) is 6.95. The van der Waals surface area contributed by atoms with Gasteiger partial charge in [-0.15, -0.1) is 0 Å². The number of hydrogen-bond donors (Lipinski definition) is 2. The second-order valence-electron chi connectivity index (χ2n) is 6.95. The number of hydrogen-bond acceptors (Lipinski definition) is 3. The number of carbonyl (C=O) groups excluding carboxylic acids is 1. The first-order chi connectivity index (χ1) is 12.1. The van der Waals surface area contributed by atoms with Crippen LogP contribution in [0.5, 0.6) is 5.75 Å². The maximum atomic E-state index is 12.4. The lowest BCUT2D eigenvalue weighted by Gasteiger charge is -2.34. The van der Waals surface area contributed by atoms with Gasteiger partial charge in [0.2, 0.25) is 0 Å². The number of urea groups is 1. The molecular formula is C19H26N2O4. The Labute approximate surface area is 148 Å². The highest BCUT2D eigenvalue weighted by Gasteiger charge is 2.29. The third-order valence-electron chi connectivity index (χ3n) is 5.18. The number of likely N-dealkylation sites (tertiary alicyclic amines) is 1. The number of benzene rings is 1. The zero-order valence-electron chi connectivity index (χ0n) is 14.4. The quantitative estimate of drug-likeness (QED) is 0.879. The molecule has 1 aromatic rings. The molecule has 0 aromatic heterocycles. The standard InChI is InChI=1S/C19H26N2O4/c22-18(23)14-6-8-15(9-7-14)20-19(24)21-12-10-17(11-13-21)25-16-4-2-1-3-5-16/h1-5,14-15,17H,6-13H2,(H,20,24)(H,22,23). The summed E-state index contributed by atoms with van der Waals surface area (Å²) in [7, 11) is 0. The lowest BCUT2D eigenvalue weighted by Crippen LogP contribution is -2.50. The minimum absolute atomic E-state index is 0.0306. The Kier molecular flexibility index (Phi) is 5.79. The third kappa shape index (κ3) is 4.87. The molecule has 2 fully saturated rings. The van der Waals surface area contributed by atoms with Crippen LogP contribution in [0.2, 0.25) is 0 Å². The maximum absolute atomic E-state index is 12.4. The molecule has 136 valence electrons. The van der Waals surface area contributed by atoms with E-state index in [-0.39, 0.29) is 24.1 Å². The Morgan fingerprint density at radius 2 is 1.64 bits per heavy atom. The predicted molar refractivity (Wildman–Crippen MR) is 93.6 cm³/mol.